The summed E-state index contributed by atoms with van der Waals surface area (Å²) in [5.74, 6) is 0.299. The van der Waals surface area contributed by atoms with Crippen LogP contribution in [0.5, 0.6) is 11.5 Å². The van der Waals surface area contributed by atoms with E-state index < -0.39 is 5.91 Å². The number of nitrogens with one attached hydrogen (secondary N) is 2. The second kappa shape index (κ2) is 12.5. The topological polar surface area (TPSA) is 95.4 Å². The average molecular weight is 497 g/mol. The molecule has 0 saturated carbocycles. The first-order valence-electron chi connectivity index (χ1n) is 11.6. The van der Waals surface area contributed by atoms with Crippen LogP contribution in [-0.2, 0) is 4.74 Å². The number of morpholine rings is 1. The Morgan fingerprint density at radius 3 is 2.71 bits per heavy atom. The van der Waals surface area contributed by atoms with Gasteiger partial charge >= 0.3 is 0 Å². The van der Waals surface area contributed by atoms with Crippen LogP contribution in [0.25, 0.3) is 10.8 Å². The van der Waals surface area contributed by atoms with E-state index in [2.05, 4.69) is 20.7 Å². The molecule has 4 rings (SSSR count). The van der Waals surface area contributed by atoms with E-state index in [-0.39, 0.29) is 10.8 Å². The molecular formula is C26H29ClN4O4. The Hall–Kier alpha value is -3.17. The van der Waals surface area contributed by atoms with E-state index in [0.717, 1.165) is 68.0 Å². The maximum Gasteiger partial charge on any atom is 0.271 e. The fourth-order valence-electron chi connectivity index (χ4n) is 3.83. The van der Waals surface area contributed by atoms with Gasteiger partial charge in [-0.1, -0.05) is 35.9 Å². The van der Waals surface area contributed by atoms with Crippen LogP contribution in [0.4, 0.5) is 0 Å². The molecule has 1 amide bonds. The van der Waals surface area contributed by atoms with E-state index in [1.807, 2.05) is 36.4 Å². The van der Waals surface area contributed by atoms with Gasteiger partial charge in [0.25, 0.3) is 5.91 Å². The number of hydrogen-bond donors (Lipinski definition) is 3. The number of ether oxygens (including phenoxy) is 2. The molecule has 1 aliphatic heterocycles. The lowest BCUT2D eigenvalue weighted by Gasteiger charge is -2.26. The summed E-state index contributed by atoms with van der Waals surface area (Å²) in [6.07, 6.45) is 1.60. The van der Waals surface area contributed by atoms with E-state index in [4.69, 9.17) is 21.1 Å². The van der Waals surface area contributed by atoms with Crippen LogP contribution in [0, 0.1) is 0 Å². The number of carbonyl (C=O) groups is 1. The van der Waals surface area contributed by atoms with Crippen molar-refractivity contribution in [2.24, 2.45) is 5.10 Å². The number of aromatic hydroxyl groups is 1. The first kappa shape index (κ1) is 24.9. The highest BCUT2D eigenvalue weighted by Crippen LogP contribution is 2.28. The number of phenols is 1. The third kappa shape index (κ3) is 6.93. The number of hydrazone groups is 1. The van der Waals surface area contributed by atoms with E-state index >= 15 is 0 Å². The highest BCUT2D eigenvalue weighted by atomic mass is 35.5. The second-order valence-corrected chi connectivity index (χ2v) is 8.52. The molecule has 0 aliphatic carbocycles. The Kier molecular flexibility index (Phi) is 8.91. The zero-order chi connectivity index (χ0) is 24.5. The van der Waals surface area contributed by atoms with Crippen molar-refractivity contribution in [3.05, 3.63) is 70.7 Å². The number of halogens is 1. The first-order valence-corrected chi connectivity index (χ1v) is 12.0. The summed E-state index contributed by atoms with van der Waals surface area (Å²) in [7, 11) is 0. The minimum absolute atomic E-state index is 0.0794. The predicted molar refractivity (Wildman–Crippen MR) is 138 cm³/mol. The molecule has 3 aromatic rings. The summed E-state index contributed by atoms with van der Waals surface area (Å²) in [4.78, 5) is 14.7. The lowest BCUT2D eigenvalue weighted by atomic mass is 10.0. The molecule has 8 nitrogen and oxygen atoms in total. The van der Waals surface area contributed by atoms with Crippen molar-refractivity contribution < 1.29 is 19.4 Å². The minimum Gasteiger partial charge on any atom is -0.506 e. The molecule has 184 valence electrons. The van der Waals surface area contributed by atoms with Gasteiger partial charge in [-0.25, -0.2) is 5.43 Å². The summed E-state index contributed by atoms with van der Waals surface area (Å²) >= 11 is 5.87. The molecule has 0 atom stereocenters. The van der Waals surface area contributed by atoms with Crippen LogP contribution >= 0.6 is 11.6 Å². The molecule has 0 bridgehead atoms. The zero-order valence-electron chi connectivity index (χ0n) is 19.4. The van der Waals surface area contributed by atoms with Crippen molar-refractivity contribution in [2.45, 2.75) is 0 Å². The standard InChI is InChI=1S/C26H29ClN4O4/c27-23-17-19(5-7-24(23)32)26(33)30-29-18-20-6-8-25(22-4-2-1-3-21(20)22)35-14-10-28-9-11-31-12-15-34-16-13-31/h1-8,17-18,28,32H,9-16H2,(H,30,33)/b29-18+. The molecule has 3 N–H and O–H groups in total. The Morgan fingerprint density at radius 2 is 1.91 bits per heavy atom. The molecule has 1 saturated heterocycles. The number of hydrogen-bond acceptors (Lipinski definition) is 7. The lowest BCUT2D eigenvalue weighted by Crippen LogP contribution is -2.40. The summed E-state index contributed by atoms with van der Waals surface area (Å²) in [5.41, 5.74) is 3.64. The third-order valence-electron chi connectivity index (χ3n) is 5.74. The highest BCUT2D eigenvalue weighted by molar-refractivity contribution is 6.32. The van der Waals surface area contributed by atoms with Gasteiger partial charge in [0, 0.05) is 49.2 Å². The Bertz CT molecular complexity index is 1180. The van der Waals surface area contributed by atoms with Crippen molar-refractivity contribution in [3.63, 3.8) is 0 Å². The smallest absolute Gasteiger partial charge is 0.271 e. The van der Waals surface area contributed by atoms with E-state index in [0.29, 0.717) is 12.2 Å². The molecule has 35 heavy (non-hydrogen) atoms. The van der Waals surface area contributed by atoms with Gasteiger partial charge in [-0.3, -0.25) is 9.69 Å². The van der Waals surface area contributed by atoms with Gasteiger partial charge in [-0.05, 0) is 35.7 Å². The minimum atomic E-state index is -0.423. The van der Waals surface area contributed by atoms with Gasteiger partial charge < -0.3 is 19.9 Å². The number of nitrogens with zero attached hydrogens (tertiary/aromatic N) is 2. The molecule has 9 heteroatoms. The SMILES string of the molecule is O=C(N/N=C/c1ccc(OCCNCCN2CCOCC2)c2ccccc12)c1ccc(O)c(Cl)c1. The van der Waals surface area contributed by atoms with Crippen LogP contribution < -0.4 is 15.5 Å². The predicted octanol–water partition coefficient (Wildman–Crippen LogP) is 3.26. The van der Waals surface area contributed by atoms with E-state index in [1.54, 1.807) is 6.21 Å². The van der Waals surface area contributed by atoms with Crippen LogP contribution in [0.15, 0.2) is 59.7 Å². The first-order chi connectivity index (χ1) is 17.1. The Balaban J connectivity index is 1.31. The molecule has 1 fully saturated rings. The van der Waals surface area contributed by atoms with Gasteiger partial charge in [0.1, 0.15) is 18.1 Å². The molecular weight excluding hydrogens is 468 g/mol. The number of phenolic OH excluding ortho intramolecular Hbond substituents is 1. The van der Waals surface area contributed by atoms with Crippen molar-refractivity contribution in [3.8, 4) is 11.5 Å². The highest BCUT2D eigenvalue weighted by Gasteiger charge is 2.10. The van der Waals surface area contributed by atoms with Gasteiger partial charge in [0.15, 0.2) is 0 Å². The average Bonchev–Trinajstić information content (AvgIpc) is 2.89. The summed E-state index contributed by atoms with van der Waals surface area (Å²) in [6.45, 7) is 6.87. The summed E-state index contributed by atoms with van der Waals surface area (Å²) < 4.78 is 11.4. The normalized spacial score (nSPS) is 14.4. The molecule has 1 aliphatic rings. The monoisotopic (exact) mass is 496 g/mol. The van der Waals surface area contributed by atoms with Crippen LogP contribution in [0.3, 0.4) is 0 Å². The van der Waals surface area contributed by atoms with Crippen LogP contribution in [-0.4, -0.2) is 74.7 Å². The summed E-state index contributed by atoms with van der Waals surface area (Å²) in [6, 6.07) is 16.0. The van der Waals surface area contributed by atoms with Crippen molar-refractivity contribution in [1.29, 1.82) is 0 Å². The molecule has 0 radical (unpaired) electrons. The molecule has 1 heterocycles. The van der Waals surface area contributed by atoms with E-state index in [1.165, 1.54) is 18.2 Å². The lowest BCUT2D eigenvalue weighted by molar-refractivity contribution is 0.0384. The maximum absolute atomic E-state index is 12.3. The van der Waals surface area contributed by atoms with Crippen molar-refractivity contribution >= 4 is 34.5 Å². The van der Waals surface area contributed by atoms with Crippen molar-refractivity contribution in [2.75, 3.05) is 52.5 Å². The molecule has 3 aromatic carbocycles. The second-order valence-electron chi connectivity index (χ2n) is 8.12. The van der Waals surface area contributed by atoms with Crippen LogP contribution in [0.1, 0.15) is 15.9 Å². The van der Waals surface area contributed by atoms with Gasteiger partial charge in [-0.2, -0.15) is 5.10 Å². The Labute approximate surface area is 209 Å². The summed E-state index contributed by atoms with van der Waals surface area (Å²) in [5, 5.41) is 19.1. The third-order valence-corrected chi connectivity index (χ3v) is 6.05. The van der Waals surface area contributed by atoms with Gasteiger partial charge in [0.05, 0.1) is 24.5 Å². The quantitative estimate of drug-likeness (QED) is 0.226. The largest absolute Gasteiger partial charge is 0.506 e. The zero-order valence-corrected chi connectivity index (χ0v) is 20.1. The maximum atomic E-state index is 12.3. The molecule has 0 aromatic heterocycles. The number of amides is 1. The molecule has 0 spiro atoms. The number of fused-ring (bicyclic) bond motifs is 1. The fraction of sp³-hybridized carbons (Fsp3) is 0.308. The Morgan fingerprint density at radius 1 is 1.11 bits per heavy atom. The number of rotatable bonds is 10. The number of benzene rings is 3. The van der Waals surface area contributed by atoms with Crippen molar-refractivity contribution in [1.82, 2.24) is 15.6 Å². The van der Waals surface area contributed by atoms with Gasteiger partial charge in [0.2, 0.25) is 0 Å². The molecule has 0 unspecified atom stereocenters. The van der Waals surface area contributed by atoms with Crippen LogP contribution in [0.2, 0.25) is 5.02 Å². The fourth-order valence-corrected chi connectivity index (χ4v) is 4.01. The number of carbonyl (C=O) groups excluding carboxylic acids is 1. The van der Waals surface area contributed by atoms with Gasteiger partial charge in [-0.15, -0.1) is 0 Å². The van der Waals surface area contributed by atoms with E-state index in [9.17, 15) is 9.90 Å².